The predicted octanol–water partition coefficient (Wildman–Crippen LogP) is -0.253. The molecule has 4 nitrogen and oxygen atoms in total. The fourth-order valence-electron chi connectivity index (χ4n) is 0.528. The zero-order valence-electron chi connectivity index (χ0n) is 6.81. The van der Waals surface area contributed by atoms with Crippen molar-refractivity contribution in [2.75, 3.05) is 19.0 Å². The maximum Gasteiger partial charge on any atom is 2.00 e. The van der Waals surface area contributed by atoms with Gasteiger partial charge in [-0.05, 0) is 0 Å². The summed E-state index contributed by atoms with van der Waals surface area (Å²) in [6.45, 7) is 0. The number of hydrogen-bond donors (Lipinski definition) is 0. The van der Waals surface area contributed by atoms with E-state index in [1.807, 2.05) is 14.1 Å². The largest absolute Gasteiger partial charge is 2.00 e. The minimum absolute atomic E-state index is 0. The van der Waals surface area contributed by atoms with Crippen LogP contribution in [0, 0.1) is 0 Å². The smallest absolute Gasteiger partial charge is 0.740 e. The molecule has 1 aromatic rings. The maximum absolute atomic E-state index is 4.75. The van der Waals surface area contributed by atoms with Gasteiger partial charge in [0.2, 0.25) is 5.95 Å². The summed E-state index contributed by atoms with van der Waals surface area (Å²) in [6, 6.07) is 0. The Balaban J connectivity index is 0.00000121. The molecule has 0 spiro atoms. The van der Waals surface area contributed by atoms with E-state index < -0.39 is 0 Å². The van der Waals surface area contributed by atoms with Gasteiger partial charge in [0.25, 0.3) is 0 Å². The zero-order valence-corrected chi connectivity index (χ0v) is 11.4. The van der Waals surface area contributed by atoms with Crippen molar-refractivity contribution in [3.05, 3.63) is 0 Å². The van der Waals surface area contributed by atoms with Gasteiger partial charge in [0.1, 0.15) is 0 Å². The Morgan fingerprint density at radius 1 is 1.00 bits per heavy atom. The number of nitrogens with zero attached hydrogens (tertiary/aromatic N) is 4. The first-order chi connectivity index (χ1) is 5.09. The standard InChI is InChI=1S/C5H8N4S2.Zn/c1-9(2)3-6-4(10)8-5(11)7-3;/h1-2H3,(H2,6,7,8,10,11);/q;+2/p-2. The molecule has 0 amide bonds. The van der Waals surface area contributed by atoms with Gasteiger partial charge < -0.3 is 30.2 Å². The van der Waals surface area contributed by atoms with Crippen LogP contribution < -0.4 is 4.90 Å². The van der Waals surface area contributed by atoms with Crippen LogP contribution in [-0.4, -0.2) is 29.0 Å². The third-order valence-corrected chi connectivity index (χ3v) is 1.35. The Kier molecular flexibility index (Phi) is 4.74. The number of rotatable bonds is 1. The summed E-state index contributed by atoms with van der Waals surface area (Å²) in [4.78, 5) is 13.2. The number of aromatic nitrogens is 3. The topological polar surface area (TPSA) is 41.9 Å². The van der Waals surface area contributed by atoms with E-state index in [1.54, 1.807) is 4.90 Å². The third kappa shape index (κ3) is 3.09. The minimum Gasteiger partial charge on any atom is -0.740 e. The van der Waals surface area contributed by atoms with Gasteiger partial charge in [0, 0.05) is 24.4 Å². The second kappa shape index (κ2) is 4.79. The summed E-state index contributed by atoms with van der Waals surface area (Å²) in [5.74, 6) is 0.509. The van der Waals surface area contributed by atoms with Crippen LogP contribution in [0.1, 0.15) is 0 Å². The average molecular weight is 252 g/mol. The molecular formula is C5H6N4S2Zn. The van der Waals surface area contributed by atoms with Gasteiger partial charge in [-0.1, -0.05) is 0 Å². The van der Waals surface area contributed by atoms with Crippen LogP contribution in [0.2, 0.25) is 0 Å². The van der Waals surface area contributed by atoms with Crippen LogP contribution in [0.5, 0.6) is 0 Å². The zero-order chi connectivity index (χ0) is 8.43. The monoisotopic (exact) mass is 250 g/mol. The van der Waals surface area contributed by atoms with Gasteiger partial charge in [-0.3, -0.25) is 4.98 Å². The van der Waals surface area contributed by atoms with Crippen molar-refractivity contribution >= 4 is 31.2 Å². The fraction of sp³-hybridized carbons (Fsp3) is 0.400. The molecule has 0 bridgehead atoms. The van der Waals surface area contributed by atoms with Crippen molar-refractivity contribution in [1.29, 1.82) is 0 Å². The molecule has 7 heteroatoms. The summed E-state index contributed by atoms with van der Waals surface area (Å²) in [6.07, 6.45) is 0. The molecular weight excluding hydrogens is 246 g/mol. The third-order valence-electron chi connectivity index (χ3n) is 0.983. The van der Waals surface area contributed by atoms with E-state index in [0.717, 1.165) is 0 Å². The van der Waals surface area contributed by atoms with E-state index in [0.29, 0.717) is 5.95 Å². The molecule has 0 aliphatic carbocycles. The van der Waals surface area contributed by atoms with Crippen molar-refractivity contribution in [3.63, 3.8) is 0 Å². The first-order valence-electron chi connectivity index (χ1n) is 2.87. The summed E-state index contributed by atoms with van der Waals surface area (Å²) < 4.78 is 0. The number of anilines is 1. The SMILES string of the molecule is CN(C)c1nc([S-])nc([S-])n1.[Zn+2]. The van der Waals surface area contributed by atoms with E-state index in [2.05, 4.69) is 15.0 Å². The van der Waals surface area contributed by atoms with Crippen molar-refractivity contribution in [3.8, 4) is 0 Å². The van der Waals surface area contributed by atoms with E-state index >= 15 is 0 Å². The molecule has 0 aromatic carbocycles. The van der Waals surface area contributed by atoms with Crippen LogP contribution in [0.25, 0.3) is 0 Å². The summed E-state index contributed by atoms with van der Waals surface area (Å²) in [7, 11) is 3.64. The van der Waals surface area contributed by atoms with E-state index in [4.69, 9.17) is 25.3 Å². The Morgan fingerprint density at radius 3 is 1.75 bits per heavy atom. The van der Waals surface area contributed by atoms with Crippen molar-refractivity contribution in [2.45, 2.75) is 10.3 Å². The summed E-state index contributed by atoms with van der Waals surface area (Å²) >= 11 is 9.50. The van der Waals surface area contributed by atoms with Crippen LogP contribution >= 0.6 is 0 Å². The van der Waals surface area contributed by atoms with Gasteiger partial charge in [0.05, 0.1) is 0 Å². The first-order valence-corrected chi connectivity index (χ1v) is 3.68. The van der Waals surface area contributed by atoms with Gasteiger partial charge in [0.15, 0.2) is 0 Å². The molecule has 0 unspecified atom stereocenters. The van der Waals surface area contributed by atoms with Crippen LogP contribution in [-0.2, 0) is 44.7 Å². The molecule has 0 aliphatic heterocycles. The molecule has 0 fully saturated rings. The molecule has 0 saturated heterocycles. The molecule has 12 heavy (non-hydrogen) atoms. The molecule has 0 radical (unpaired) electrons. The molecule has 1 rings (SSSR count). The van der Waals surface area contributed by atoms with Crippen molar-refractivity contribution in [2.24, 2.45) is 0 Å². The van der Waals surface area contributed by atoms with E-state index in [9.17, 15) is 0 Å². The Morgan fingerprint density at radius 2 is 1.42 bits per heavy atom. The molecule has 0 N–H and O–H groups in total. The van der Waals surface area contributed by atoms with Crippen molar-refractivity contribution < 1.29 is 19.5 Å². The van der Waals surface area contributed by atoms with Crippen LogP contribution in [0.3, 0.4) is 0 Å². The first kappa shape index (κ1) is 11.9. The minimum atomic E-state index is 0. The Labute approximate surface area is 94.8 Å². The van der Waals surface area contributed by atoms with Gasteiger partial charge in [-0.2, -0.15) is 0 Å². The van der Waals surface area contributed by atoms with E-state index in [-0.39, 0.29) is 29.8 Å². The van der Waals surface area contributed by atoms with E-state index in [1.165, 1.54) is 0 Å². The second-order valence-electron chi connectivity index (χ2n) is 2.09. The molecule has 60 valence electrons. The molecule has 0 aliphatic rings. The molecule has 0 saturated carbocycles. The molecule has 1 aromatic heterocycles. The van der Waals surface area contributed by atoms with Gasteiger partial charge in [-0.25, -0.2) is 9.97 Å². The summed E-state index contributed by atoms with van der Waals surface area (Å²) in [5.41, 5.74) is 0. The maximum atomic E-state index is 4.75. The summed E-state index contributed by atoms with van der Waals surface area (Å²) in [5, 5.41) is 0.488. The fourth-order valence-corrected chi connectivity index (χ4v) is 0.922. The Hall–Kier alpha value is -0.127. The van der Waals surface area contributed by atoms with Crippen molar-refractivity contribution in [1.82, 2.24) is 15.0 Å². The van der Waals surface area contributed by atoms with Crippen LogP contribution in [0.4, 0.5) is 5.95 Å². The normalized spacial score (nSPS) is 8.83. The van der Waals surface area contributed by atoms with Gasteiger partial charge in [-0.15, -0.1) is 0 Å². The molecule has 0 atom stereocenters. The predicted molar refractivity (Wildman–Crippen MR) is 45.4 cm³/mol. The Bertz CT molecular complexity index is 247. The second-order valence-corrected chi connectivity index (χ2v) is 2.83. The van der Waals surface area contributed by atoms with Gasteiger partial charge >= 0.3 is 19.5 Å². The molecule has 1 heterocycles. The number of hydrogen-bond acceptors (Lipinski definition) is 6. The quantitative estimate of drug-likeness (QED) is 0.506. The van der Waals surface area contributed by atoms with Crippen LogP contribution in [0.15, 0.2) is 10.3 Å². The average Bonchev–Trinajstić information content (AvgIpc) is 1.85.